The summed E-state index contributed by atoms with van der Waals surface area (Å²) in [4.78, 5) is 8.81. The molecule has 0 aliphatic rings. The van der Waals surface area contributed by atoms with Crippen LogP contribution in [0.5, 0.6) is 0 Å². The molecular weight excluding hydrogens is 445 g/mol. The number of benzene rings is 3. The van der Waals surface area contributed by atoms with E-state index in [0.29, 0.717) is 22.4 Å². The molecule has 0 atom stereocenters. The van der Waals surface area contributed by atoms with E-state index in [0.717, 1.165) is 27.6 Å². The van der Waals surface area contributed by atoms with Crippen molar-refractivity contribution in [1.29, 1.82) is 0 Å². The highest BCUT2D eigenvalue weighted by molar-refractivity contribution is 6.10. The molecular formula is C25H13F3N4O2. The number of aromatic nitrogens is 4. The van der Waals surface area contributed by atoms with E-state index in [4.69, 9.17) is 8.83 Å². The highest BCUT2D eigenvalue weighted by Crippen LogP contribution is 2.38. The molecule has 0 saturated carbocycles. The Morgan fingerprint density at radius 1 is 0.676 bits per heavy atom. The van der Waals surface area contributed by atoms with E-state index < -0.39 is 12.1 Å². The Bertz CT molecular complexity index is 1660. The molecule has 3 aromatic carbocycles. The minimum atomic E-state index is -4.71. The summed E-state index contributed by atoms with van der Waals surface area (Å²) in [6, 6.07) is 22.3. The molecule has 0 radical (unpaired) electrons. The van der Waals surface area contributed by atoms with Gasteiger partial charge in [0.05, 0.1) is 11.4 Å². The number of para-hydroxylation sites is 1. The zero-order valence-electron chi connectivity index (χ0n) is 17.2. The van der Waals surface area contributed by atoms with Gasteiger partial charge in [0.1, 0.15) is 17.5 Å². The van der Waals surface area contributed by atoms with Crippen LogP contribution in [0.3, 0.4) is 0 Å². The van der Waals surface area contributed by atoms with Crippen molar-refractivity contribution in [3.63, 3.8) is 0 Å². The topological polar surface area (TPSA) is 77.8 Å². The van der Waals surface area contributed by atoms with Gasteiger partial charge in [-0.2, -0.15) is 13.2 Å². The van der Waals surface area contributed by atoms with Crippen molar-refractivity contribution in [2.75, 3.05) is 0 Å². The molecule has 9 heteroatoms. The predicted octanol–water partition coefficient (Wildman–Crippen LogP) is 6.78. The number of nitrogens with zero attached hydrogens (tertiary/aromatic N) is 4. The summed E-state index contributed by atoms with van der Waals surface area (Å²) in [6.07, 6.45) is -3.20. The van der Waals surface area contributed by atoms with Gasteiger partial charge in [-0.1, -0.05) is 42.5 Å². The van der Waals surface area contributed by atoms with Crippen molar-refractivity contribution < 1.29 is 22.0 Å². The maximum absolute atomic E-state index is 12.8. The molecule has 0 saturated heterocycles. The van der Waals surface area contributed by atoms with Gasteiger partial charge in [0.15, 0.2) is 0 Å². The first-order chi connectivity index (χ1) is 16.5. The molecule has 3 aromatic heterocycles. The number of hydrogen-bond donors (Lipinski definition) is 0. The number of furan rings is 1. The molecule has 0 bridgehead atoms. The molecule has 6 rings (SSSR count). The van der Waals surface area contributed by atoms with E-state index in [2.05, 4.69) is 20.2 Å². The minimum Gasteiger partial charge on any atom is -0.455 e. The fourth-order valence-corrected chi connectivity index (χ4v) is 3.86. The lowest BCUT2D eigenvalue weighted by atomic mass is 10.0. The highest BCUT2D eigenvalue weighted by atomic mass is 19.4. The van der Waals surface area contributed by atoms with Gasteiger partial charge in [0.2, 0.25) is 5.89 Å². The van der Waals surface area contributed by atoms with E-state index in [1.807, 2.05) is 54.6 Å². The Morgan fingerprint density at radius 3 is 2.29 bits per heavy atom. The fourth-order valence-electron chi connectivity index (χ4n) is 3.86. The first-order valence-corrected chi connectivity index (χ1v) is 10.2. The first-order valence-electron chi connectivity index (χ1n) is 10.2. The standard InChI is InChI=1S/C25H13F3N4O2/c26-25(27,28)24-32-31-23(34-24)15-9-10-16-17-7-4-8-18(22(17)33-21(16)11-15)20-12-19(29-13-30-20)14-5-2-1-3-6-14/h1-13H. The summed E-state index contributed by atoms with van der Waals surface area (Å²) in [6.45, 7) is 0. The Hall–Kier alpha value is -4.53. The number of fused-ring (bicyclic) bond motifs is 3. The third-order valence-corrected chi connectivity index (χ3v) is 5.43. The average Bonchev–Trinajstić information content (AvgIpc) is 3.49. The first kappa shape index (κ1) is 20.1. The lowest BCUT2D eigenvalue weighted by molar-refractivity contribution is -0.156. The zero-order valence-corrected chi connectivity index (χ0v) is 17.2. The second-order valence-electron chi connectivity index (χ2n) is 7.56. The smallest absolute Gasteiger partial charge is 0.455 e. The molecule has 0 unspecified atom stereocenters. The monoisotopic (exact) mass is 458 g/mol. The summed E-state index contributed by atoms with van der Waals surface area (Å²) in [5.41, 5.74) is 4.60. The third kappa shape index (κ3) is 3.38. The molecule has 166 valence electrons. The second-order valence-corrected chi connectivity index (χ2v) is 7.56. The lowest BCUT2D eigenvalue weighted by Crippen LogP contribution is -2.04. The van der Waals surface area contributed by atoms with Gasteiger partial charge in [-0.3, -0.25) is 0 Å². The van der Waals surface area contributed by atoms with Crippen molar-refractivity contribution in [1.82, 2.24) is 20.2 Å². The molecule has 3 heterocycles. The molecule has 0 spiro atoms. The Morgan fingerprint density at radius 2 is 1.50 bits per heavy atom. The highest BCUT2D eigenvalue weighted by Gasteiger charge is 2.38. The molecule has 6 aromatic rings. The predicted molar refractivity (Wildman–Crippen MR) is 118 cm³/mol. The van der Waals surface area contributed by atoms with E-state index >= 15 is 0 Å². The number of halogens is 3. The van der Waals surface area contributed by atoms with Gasteiger partial charge in [0.25, 0.3) is 0 Å². The Labute approximate surface area is 189 Å². The van der Waals surface area contributed by atoms with Crippen LogP contribution in [0.2, 0.25) is 0 Å². The van der Waals surface area contributed by atoms with Gasteiger partial charge < -0.3 is 8.83 Å². The van der Waals surface area contributed by atoms with Gasteiger partial charge in [-0.15, -0.1) is 10.2 Å². The van der Waals surface area contributed by atoms with Gasteiger partial charge in [-0.25, -0.2) is 9.97 Å². The van der Waals surface area contributed by atoms with Gasteiger partial charge >= 0.3 is 12.1 Å². The molecule has 0 aliphatic heterocycles. The summed E-state index contributed by atoms with van der Waals surface area (Å²) >= 11 is 0. The molecule has 0 N–H and O–H groups in total. The van der Waals surface area contributed by atoms with Crippen molar-refractivity contribution in [3.8, 4) is 34.0 Å². The van der Waals surface area contributed by atoms with Crippen molar-refractivity contribution in [2.45, 2.75) is 6.18 Å². The van der Waals surface area contributed by atoms with Crippen LogP contribution in [0.4, 0.5) is 13.2 Å². The minimum absolute atomic E-state index is 0.238. The van der Waals surface area contributed by atoms with Crippen molar-refractivity contribution in [3.05, 3.63) is 85.0 Å². The van der Waals surface area contributed by atoms with Crippen molar-refractivity contribution >= 4 is 21.9 Å². The fraction of sp³-hybridized carbons (Fsp3) is 0.0400. The van der Waals surface area contributed by atoms with Crippen molar-refractivity contribution in [2.24, 2.45) is 0 Å². The molecule has 0 fully saturated rings. The average molecular weight is 458 g/mol. The maximum Gasteiger partial charge on any atom is 0.470 e. The number of alkyl halides is 3. The van der Waals surface area contributed by atoms with Crippen LogP contribution in [0.15, 0.2) is 88.0 Å². The second kappa shape index (κ2) is 7.51. The van der Waals surface area contributed by atoms with Gasteiger partial charge in [0, 0.05) is 27.5 Å². The van der Waals surface area contributed by atoms with Crippen LogP contribution in [0.1, 0.15) is 5.89 Å². The summed E-state index contributed by atoms with van der Waals surface area (Å²) in [7, 11) is 0. The van der Waals surface area contributed by atoms with E-state index in [-0.39, 0.29) is 5.89 Å². The third-order valence-electron chi connectivity index (χ3n) is 5.43. The molecule has 34 heavy (non-hydrogen) atoms. The van der Waals surface area contributed by atoms with Gasteiger partial charge in [-0.05, 0) is 30.3 Å². The Balaban J connectivity index is 1.46. The summed E-state index contributed by atoms with van der Waals surface area (Å²) in [5, 5.41) is 8.26. The lowest BCUT2D eigenvalue weighted by Gasteiger charge is -2.05. The number of hydrogen-bond acceptors (Lipinski definition) is 6. The Kier molecular flexibility index (Phi) is 4.44. The van der Waals surface area contributed by atoms with E-state index in [1.54, 1.807) is 18.2 Å². The summed E-state index contributed by atoms with van der Waals surface area (Å²) in [5.74, 6) is -1.63. The van der Waals surface area contributed by atoms with E-state index in [1.165, 1.54) is 6.33 Å². The summed E-state index contributed by atoms with van der Waals surface area (Å²) < 4.78 is 49.4. The van der Waals surface area contributed by atoms with E-state index in [9.17, 15) is 13.2 Å². The normalized spacial score (nSPS) is 12.0. The van der Waals surface area contributed by atoms with Crippen LogP contribution in [-0.2, 0) is 6.18 Å². The molecule has 6 nitrogen and oxygen atoms in total. The molecule has 0 amide bonds. The van der Waals surface area contributed by atoms with Crippen LogP contribution in [0.25, 0.3) is 55.9 Å². The maximum atomic E-state index is 12.8. The molecule has 0 aliphatic carbocycles. The van der Waals surface area contributed by atoms with Crippen LogP contribution >= 0.6 is 0 Å². The van der Waals surface area contributed by atoms with Crippen LogP contribution in [0, 0.1) is 0 Å². The largest absolute Gasteiger partial charge is 0.470 e. The van der Waals surface area contributed by atoms with Crippen LogP contribution < -0.4 is 0 Å². The number of rotatable bonds is 3. The SMILES string of the molecule is FC(F)(F)c1nnc(-c2ccc3c(c2)oc2c(-c4cc(-c5ccccc5)ncn4)cccc23)o1. The quantitative estimate of drug-likeness (QED) is 0.291. The zero-order chi connectivity index (χ0) is 23.3. The van der Waals surface area contributed by atoms with Crippen LogP contribution in [-0.4, -0.2) is 20.2 Å².